The maximum absolute atomic E-state index is 14.3. The molecule has 0 bridgehead atoms. The van der Waals surface area contributed by atoms with Crippen molar-refractivity contribution in [1.82, 2.24) is 9.88 Å². The Bertz CT molecular complexity index is 1330. The van der Waals surface area contributed by atoms with E-state index in [1.165, 1.54) is 26.2 Å². The van der Waals surface area contributed by atoms with Gasteiger partial charge < -0.3 is 29.4 Å². The van der Waals surface area contributed by atoms with Crippen LogP contribution in [0.5, 0.6) is 11.5 Å². The molecule has 2 N–H and O–H groups in total. The first-order chi connectivity index (χ1) is 18.8. The first kappa shape index (κ1) is 28.0. The number of carboxylic acids is 1. The van der Waals surface area contributed by atoms with Gasteiger partial charge in [-0.05, 0) is 55.5 Å². The van der Waals surface area contributed by atoms with E-state index in [1.54, 1.807) is 10.6 Å². The number of para-hydroxylation sites is 1. The molecule has 39 heavy (non-hydrogen) atoms. The summed E-state index contributed by atoms with van der Waals surface area (Å²) in [6.07, 6.45) is 5.22. The van der Waals surface area contributed by atoms with Crippen LogP contribution >= 0.6 is 0 Å². The van der Waals surface area contributed by atoms with Gasteiger partial charge in [0.25, 0.3) is 5.91 Å². The van der Waals surface area contributed by atoms with E-state index in [-0.39, 0.29) is 18.4 Å². The van der Waals surface area contributed by atoms with Crippen molar-refractivity contribution in [3.8, 4) is 11.5 Å². The van der Waals surface area contributed by atoms with E-state index in [0.717, 1.165) is 43.1 Å². The van der Waals surface area contributed by atoms with E-state index in [9.17, 15) is 19.5 Å². The number of aryl methyl sites for hydroxylation is 1. The Kier molecular flexibility index (Phi) is 8.79. The summed E-state index contributed by atoms with van der Waals surface area (Å²) in [5.41, 5.74) is 2.29. The topological polar surface area (TPSA) is 110 Å². The highest BCUT2D eigenvalue weighted by Gasteiger charge is 2.37. The Morgan fingerprint density at radius 3 is 2.28 bits per heavy atom. The van der Waals surface area contributed by atoms with Crippen molar-refractivity contribution in [3.05, 3.63) is 53.7 Å². The van der Waals surface area contributed by atoms with Crippen molar-refractivity contribution in [2.75, 3.05) is 32.7 Å². The van der Waals surface area contributed by atoms with Crippen molar-refractivity contribution in [2.24, 2.45) is 11.8 Å². The number of amides is 2. The molecule has 1 aliphatic carbocycles. The monoisotopic (exact) mass is 535 g/mol. The van der Waals surface area contributed by atoms with Crippen molar-refractivity contribution in [2.45, 2.75) is 45.6 Å². The lowest BCUT2D eigenvalue weighted by atomic mass is 9.88. The van der Waals surface area contributed by atoms with Gasteiger partial charge in [-0.15, -0.1) is 0 Å². The highest BCUT2D eigenvalue weighted by molar-refractivity contribution is 6.07. The molecule has 2 aromatic carbocycles. The van der Waals surface area contributed by atoms with Gasteiger partial charge in [0.15, 0.2) is 5.92 Å². The smallest absolute Gasteiger partial charge is 0.317 e. The SMILES string of the molecule is CNC(=O)c1cc2ccccc2n1CC(C(=O)O)C(=O)N(CC1CCCCC1)c1c(OC)cc(C)cc1OC. The van der Waals surface area contributed by atoms with Gasteiger partial charge in [-0.1, -0.05) is 37.5 Å². The van der Waals surface area contributed by atoms with Crippen LogP contribution in [0.4, 0.5) is 5.69 Å². The molecule has 3 aromatic rings. The number of rotatable bonds is 10. The number of aromatic nitrogens is 1. The van der Waals surface area contributed by atoms with Gasteiger partial charge in [-0.25, -0.2) is 0 Å². The molecule has 1 fully saturated rings. The number of carboxylic acid groups (broad SMARTS) is 1. The van der Waals surface area contributed by atoms with Crippen LogP contribution in [0.2, 0.25) is 0 Å². The van der Waals surface area contributed by atoms with Crippen LogP contribution in [0.1, 0.15) is 48.2 Å². The Balaban J connectivity index is 1.81. The number of hydrogen-bond donors (Lipinski definition) is 2. The van der Waals surface area contributed by atoms with Gasteiger partial charge in [-0.2, -0.15) is 0 Å². The van der Waals surface area contributed by atoms with Gasteiger partial charge in [-0.3, -0.25) is 14.4 Å². The predicted octanol–water partition coefficient (Wildman–Crippen LogP) is 4.64. The Morgan fingerprint density at radius 2 is 1.69 bits per heavy atom. The van der Waals surface area contributed by atoms with E-state index in [0.29, 0.717) is 34.9 Å². The van der Waals surface area contributed by atoms with E-state index < -0.39 is 17.8 Å². The average molecular weight is 536 g/mol. The number of aliphatic carboxylic acids is 1. The molecular weight excluding hydrogens is 498 g/mol. The molecular formula is C30H37N3O6. The molecule has 2 amide bonds. The number of anilines is 1. The molecule has 1 aliphatic rings. The number of fused-ring (bicyclic) bond motifs is 1. The lowest BCUT2D eigenvalue weighted by Crippen LogP contribution is -2.44. The largest absolute Gasteiger partial charge is 0.494 e. The number of carbonyl (C=O) groups is 3. The summed E-state index contributed by atoms with van der Waals surface area (Å²) in [5, 5.41) is 13.8. The van der Waals surface area contributed by atoms with E-state index in [1.807, 2.05) is 43.3 Å². The third kappa shape index (κ3) is 5.87. The number of hydrogen-bond acceptors (Lipinski definition) is 5. The second-order valence-corrected chi connectivity index (χ2v) is 10.1. The maximum atomic E-state index is 14.3. The summed E-state index contributed by atoms with van der Waals surface area (Å²) in [6.45, 7) is 2.05. The molecule has 1 atom stereocenters. The predicted molar refractivity (Wildman–Crippen MR) is 150 cm³/mol. The molecule has 1 heterocycles. The van der Waals surface area contributed by atoms with Crippen LogP contribution in [-0.4, -0.2) is 55.3 Å². The fourth-order valence-corrected chi connectivity index (χ4v) is 5.57. The molecule has 4 rings (SSSR count). The number of carbonyl (C=O) groups excluding carboxylic acids is 2. The highest BCUT2D eigenvalue weighted by Crippen LogP contribution is 2.41. The molecule has 9 nitrogen and oxygen atoms in total. The van der Waals surface area contributed by atoms with Crippen LogP contribution in [0, 0.1) is 18.8 Å². The molecule has 0 saturated heterocycles. The van der Waals surface area contributed by atoms with Crippen LogP contribution < -0.4 is 19.7 Å². The van der Waals surface area contributed by atoms with Gasteiger partial charge in [0.05, 0.1) is 14.2 Å². The number of nitrogens with zero attached hydrogens (tertiary/aromatic N) is 2. The highest BCUT2D eigenvalue weighted by atomic mass is 16.5. The second kappa shape index (κ2) is 12.2. The van der Waals surface area contributed by atoms with Crippen LogP contribution in [0.15, 0.2) is 42.5 Å². The van der Waals surface area contributed by atoms with Gasteiger partial charge in [0.2, 0.25) is 5.91 Å². The third-order valence-electron chi connectivity index (χ3n) is 7.56. The van der Waals surface area contributed by atoms with Crippen LogP contribution in [0.25, 0.3) is 10.9 Å². The fourth-order valence-electron chi connectivity index (χ4n) is 5.57. The van der Waals surface area contributed by atoms with E-state index in [2.05, 4.69) is 5.32 Å². The molecule has 0 radical (unpaired) electrons. The third-order valence-corrected chi connectivity index (χ3v) is 7.56. The fraction of sp³-hybridized carbons (Fsp3) is 0.433. The molecule has 208 valence electrons. The zero-order valence-corrected chi connectivity index (χ0v) is 23.0. The molecule has 1 saturated carbocycles. The molecule has 1 aromatic heterocycles. The van der Waals surface area contributed by atoms with E-state index in [4.69, 9.17) is 9.47 Å². The Hall–Kier alpha value is -4.01. The summed E-state index contributed by atoms with van der Waals surface area (Å²) >= 11 is 0. The van der Waals surface area contributed by atoms with Crippen molar-refractivity contribution in [1.29, 1.82) is 0 Å². The average Bonchev–Trinajstić information content (AvgIpc) is 3.32. The number of nitrogens with one attached hydrogen (secondary N) is 1. The summed E-state index contributed by atoms with van der Waals surface area (Å²) in [7, 11) is 4.57. The Labute approximate surface area is 228 Å². The van der Waals surface area contributed by atoms with Gasteiger partial charge in [0, 0.05) is 31.0 Å². The van der Waals surface area contributed by atoms with Crippen LogP contribution in [-0.2, 0) is 16.1 Å². The molecule has 9 heteroatoms. The summed E-state index contributed by atoms with van der Waals surface area (Å²) in [5.74, 6) is -2.54. The summed E-state index contributed by atoms with van der Waals surface area (Å²) < 4.78 is 13.0. The minimum Gasteiger partial charge on any atom is -0.494 e. The number of ether oxygens (including phenoxy) is 2. The van der Waals surface area contributed by atoms with E-state index >= 15 is 0 Å². The second-order valence-electron chi connectivity index (χ2n) is 10.1. The Morgan fingerprint density at radius 1 is 1.05 bits per heavy atom. The lowest BCUT2D eigenvalue weighted by molar-refractivity contribution is -0.146. The number of benzene rings is 2. The van der Waals surface area contributed by atoms with Gasteiger partial charge >= 0.3 is 5.97 Å². The summed E-state index contributed by atoms with van der Waals surface area (Å²) in [4.78, 5) is 41.3. The minimum atomic E-state index is -1.46. The van der Waals surface area contributed by atoms with Gasteiger partial charge in [0.1, 0.15) is 22.9 Å². The standard InChI is InChI=1S/C30H37N3O6/c1-19-14-25(38-3)27(26(15-19)39-4)33(17-20-10-6-5-7-11-20)29(35)22(30(36)37)18-32-23-13-9-8-12-21(23)16-24(32)28(34)31-2/h8-9,12-16,20,22H,5-7,10-11,17-18H2,1-4H3,(H,31,34)(H,36,37). The normalized spacial score (nSPS) is 14.6. The maximum Gasteiger partial charge on any atom is 0.317 e. The zero-order chi connectivity index (χ0) is 28.1. The number of methoxy groups -OCH3 is 2. The van der Waals surface area contributed by atoms with Crippen LogP contribution in [0.3, 0.4) is 0 Å². The zero-order valence-electron chi connectivity index (χ0n) is 23.0. The quantitative estimate of drug-likeness (QED) is 0.366. The van der Waals surface area contributed by atoms with Crippen molar-refractivity contribution in [3.63, 3.8) is 0 Å². The molecule has 0 spiro atoms. The molecule has 0 aliphatic heterocycles. The lowest BCUT2D eigenvalue weighted by Gasteiger charge is -2.33. The first-order valence-corrected chi connectivity index (χ1v) is 13.4. The molecule has 1 unspecified atom stereocenters. The van der Waals surface area contributed by atoms with Crippen molar-refractivity contribution >= 4 is 34.4 Å². The van der Waals surface area contributed by atoms with Crippen molar-refractivity contribution < 1.29 is 29.0 Å². The summed E-state index contributed by atoms with van der Waals surface area (Å²) in [6, 6.07) is 12.7. The minimum absolute atomic E-state index is 0.206. The first-order valence-electron chi connectivity index (χ1n) is 13.4.